The van der Waals surface area contributed by atoms with Gasteiger partial charge in [-0.2, -0.15) is 0 Å². The van der Waals surface area contributed by atoms with Gasteiger partial charge in [0.15, 0.2) is 5.78 Å². The van der Waals surface area contributed by atoms with Crippen LogP contribution in [0.2, 0.25) is 0 Å². The lowest BCUT2D eigenvalue weighted by Gasteiger charge is -2.15. The quantitative estimate of drug-likeness (QED) is 0.695. The van der Waals surface area contributed by atoms with E-state index in [1.165, 1.54) is 12.1 Å². The first-order valence-corrected chi connectivity index (χ1v) is 7.06. The van der Waals surface area contributed by atoms with Crippen molar-refractivity contribution < 1.29 is 9.72 Å². The van der Waals surface area contributed by atoms with Crippen molar-refractivity contribution in [1.82, 2.24) is 4.98 Å². The largest absolute Gasteiger partial charge is 0.325 e. The van der Waals surface area contributed by atoms with Crippen molar-refractivity contribution in [3.8, 4) is 0 Å². The third kappa shape index (κ3) is 2.67. The fourth-order valence-electron chi connectivity index (χ4n) is 2.75. The molecule has 1 aromatic carbocycles. The number of rotatable bonds is 3. The molecule has 22 heavy (non-hydrogen) atoms. The van der Waals surface area contributed by atoms with E-state index >= 15 is 0 Å². The summed E-state index contributed by atoms with van der Waals surface area (Å²) in [5.74, 6) is 0.0396. The molecule has 1 aromatic heterocycles. The molecule has 0 saturated carbocycles. The van der Waals surface area contributed by atoms with Crippen LogP contribution in [0.15, 0.2) is 35.1 Å². The van der Waals surface area contributed by atoms with Gasteiger partial charge in [-0.25, -0.2) is 0 Å². The van der Waals surface area contributed by atoms with Gasteiger partial charge in [-0.3, -0.25) is 19.7 Å². The van der Waals surface area contributed by atoms with E-state index in [1.54, 1.807) is 18.2 Å². The second-order valence-corrected chi connectivity index (χ2v) is 5.40. The van der Waals surface area contributed by atoms with Crippen LogP contribution in [0.3, 0.4) is 0 Å². The highest BCUT2D eigenvalue weighted by atomic mass is 16.6. The van der Waals surface area contributed by atoms with Crippen LogP contribution in [0.4, 0.5) is 5.69 Å². The Labute approximate surface area is 126 Å². The Morgan fingerprint density at radius 1 is 1.18 bits per heavy atom. The first-order chi connectivity index (χ1) is 10.5. The molecule has 0 amide bonds. The number of fused-ring (bicyclic) bond motifs is 1. The monoisotopic (exact) mass is 298 g/mol. The van der Waals surface area contributed by atoms with E-state index in [0.717, 1.165) is 6.42 Å². The fraction of sp³-hybridized carbons (Fsp3) is 0.250. The number of non-ortho nitro benzene ring substituents is 1. The Balaban J connectivity index is 1.97. The molecular formula is C16H14N2O4. The minimum atomic E-state index is -0.468. The molecule has 112 valence electrons. The minimum Gasteiger partial charge on any atom is -0.325 e. The highest BCUT2D eigenvalue weighted by molar-refractivity contribution is 5.98. The van der Waals surface area contributed by atoms with Gasteiger partial charge in [-0.05, 0) is 24.5 Å². The number of carbonyl (C=O) groups excluding carboxylic acids is 1. The van der Waals surface area contributed by atoms with Gasteiger partial charge < -0.3 is 4.98 Å². The van der Waals surface area contributed by atoms with Crippen molar-refractivity contribution in [2.45, 2.75) is 25.7 Å². The molecule has 0 aliphatic heterocycles. The molecule has 0 atom stereocenters. The number of nitro benzene ring substituents is 1. The Bertz CT molecular complexity index is 823. The minimum absolute atomic E-state index is 0.0111. The number of nitrogens with zero attached hydrogens (tertiary/aromatic N) is 1. The number of carbonyl (C=O) groups is 1. The van der Waals surface area contributed by atoms with Crippen molar-refractivity contribution in [3.63, 3.8) is 0 Å². The van der Waals surface area contributed by atoms with Gasteiger partial charge in [0.1, 0.15) is 0 Å². The number of hydrogen-bond donors (Lipinski definition) is 1. The number of ketones is 1. The molecule has 0 bridgehead atoms. The second-order valence-electron chi connectivity index (χ2n) is 5.40. The number of aromatic nitrogens is 1. The summed E-state index contributed by atoms with van der Waals surface area (Å²) in [6, 6.07) is 7.80. The molecule has 0 radical (unpaired) electrons. The molecule has 0 unspecified atom stereocenters. The number of aryl methyl sites for hydroxylation is 1. The fourth-order valence-corrected chi connectivity index (χ4v) is 2.75. The Hall–Kier alpha value is -2.76. The van der Waals surface area contributed by atoms with Gasteiger partial charge in [-0.15, -0.1) is 0 Å². The number of nitrogens with one attached hydrogen (secondary N) is 1. The standard InChI is InChI=1S/C16H14N2O4/c19-15-6-2-5-14-13(15)9-11(16(20)17-14)7-10-3-1-4-12(8-10)18(21)22/h1,3-4,8-9H,2,5-7H2,(H,17,20). The lowest BCUT2D eigenvalue weighted by atomic mass is 9.92. The Morgan fingerprint density at radius 2 is 2.00 bits per heavy atom. The van der Waals surface area contributed by atoms with Crippen LogP contribution in [0.25, 0.3) is 0 Å². The number of H-pyrrole nitrogens is 1. The summed E-state index contributed by atoms with van der Waals surface area (Å²) in [5, 5.41) is 10.8. The summed E-state index contributed by atoms with van der Waals surface area (Å²) >= 11 is 0. The van der Waals surface area contributed by atoms with Crippen LogP contribution >= 0.6 is 0 Å². The lowest BCUT2D eigenvalue weighted by molar-refractivity contribution is -0.384. The van der Waals surface area contributed by atoms with Crippen LogP contribution in [0.5, 0.6) is 0 Å². The third-order valence-electron chi connectivity index (χ3n) is 3.85. The normalized spacial score (nSPS) is 13.7. The zero-order valence-electron chi connectivity index (χ0n) is 11.8. The summed E-state index contributed by atoms with van der Waals surface area (Å²) < 4.78 is 0. The molecule has 0 spiro atoms. The Morgan fingerprint density at radius 3 is 2.77 bits per heavy atom. The molecule has 3 rings (SSSR count). The molecule has 1 heterocycles. The molecule has 2 aromatic rings. The molecule has 0 saturated heterocycles. The van der Waals surface area contributed by atoms with Gasteiger partial charge >= 0.3 is 0 Å². The number of pyridine rings is 1. The third-order valence-corrected chi connectivity index (χ3v) is 3.85. The van der Waals surface area contributed by atoms with E-state index in [9.17, 15) is 19.7 Å². The number of benzene rings is 1. The van der Waals surface area contributed by atoms with Crippen LogP contribution in [-0.2, 0) is 12.8 Å². The summed E-state index contributed by atoms with van der Waals surface area (Å²) in [6.45, 7) is 0. The lowest BCUT2D eigenvalue weighted by Crippen LogP contribution is -2.22. The van der Waals surface area contributed by atoms with Crippen LogP contribution < -0.4 is 5.56 Å². The molecule has 1 aliphatic carbocycles. The zero-order valence-corrected chi connectivity index (χ0v) is 11.8. The summed E-state index contributed by atoms with van der Waals surface area (Å²) in [7, 11) is 0. The highest BCUT2D eigenvalue weighted by Crippen LogP contribution is 2.20. The molecule has 1 aliphatic rings. The van der Waals surface area contributed by atoms with Crippen molar-refractivity contribution in [2.75, 3.05) is 0 Å². The van der Waals surface area contributed by atoms with Gasteiger partial charge in [0, 0.05) is 41.8 Å². The van der Waals surface area contributed by atoms with Gasteiger partial charge in [0.2, 0.25) is 0 Å². The van der Waals surface area contributed by atoms with Crippen molar-refractivity contribution in [3.05, 3.63) is 73.2 Å². The summed E-state index contributed by atoms with van der Waals surface area (Å²) in [4.78, 5) is 37.2. The van der Waals surface area contributed by atoms with E-state index in [1.807, 2.05) is 0 Å². The zero-order chi connectivity index (χ0) is 15.7. The average molecular weight is 298 g/mol. The maximum absolute atomic E-state index is 12.1. The summed E-state index contributed by atoms with van der Waals surface area (Å²) in [6.07, 6.45) is 2.21. The number of aromatic amines is 1. The van der Waals surface area contributed by atoms with E-state index in [2.05, 4.69) is 4.98 Å². The molecule has 0 fully saturated rings. The molecule has 6 heteroatoms. The SMILES string of the molecule is O=C1CCCc2[nH]c(=O)c(Cc3cccc([N+](=O)[O-])c3)cc21. The van der Waals surface area contributed by atoms with Crippen molar-refractivity contribution >= 4 is 11.5 Å². The van der Waals surface area contributed by atoms with Gasteiger partial charge in [0.25, 0.3) is 11.2 Å². The predicted molar refractivity (Wildman–Crippen MR) is 80.2 cm³/mol. The van der Waals surface area contributed by atoms with Crippen molar-refractivity contribution in [2.24, 2.45) is 0 Å². The van der Waals surface area contributed by atoms with E-state index in [4.69, 9.17) is 0 Å². The first kappa shape index (κ1) is 14.2. The summed E-state index contributed by atoms with van der Waals surface area (Å²) in [5.41, 5.74) is 2.15. The molecular weight excluding hydrogens is 284 g/mol. The number of hydrogen-bond acceptors (Lipinski definition) is 4. The molecule has 6 nitrogen and oxygen atoms in total. The maximum atomic E-state index is 12.1. The van der Waals surface area contributed by atoms with E-state index in [0.29, 0.717) is 35.2 Å². The average Bonchev–Trinajstić information content (AvgIpc) is 2.49. The first-order valence-electron chi connectivity index (χ1n) is 7.06. The Kier molecular flexibility index (Phi) is 3.58. The molecule has 1 N–H and O–H groups in total. The smallest absolute Gasteiger partial charge is 0.269 e. The number of Topliss-reactive ketones (excluding diaryl/α,β-unsaturated/α-hetero) is 1. The van der Waals surface area contributed by atoms with Crippen molar-refractivity contribution in [1.29, 1.82) is 0 Å². The van der Waals surface area contributed by atoms with E-state index < -0.39 is 4.92 Å². The van der Waals surface area contributed by atoms with Gasteiger partial charge in [-0.1, -0.05) is 12.1 Å². The number of nitro groups is 1. The highest BCUT2D eigenvalue weighted by Gasteiger charge is 2.19. The maximum Gasteiger partial charge on any atom is 0.269 e. The van der Waals surface area contributed by atoms with Crippen LogP contribution in [0, 0.1) is 10.1 Å². The topological polar surface area (TPSA) is 93.1 Å². The van der Waals surface area contributed by atoms with Gasteiger partial charge in [0.05, 0.1) is 4.92 Å². The second kappa shape index (κ2) is 5.55. The van der Waals surface area contributed by atoms with Crippen LogP contribution in [-0.4, -0.2) is 15.7 Å². The van der Waals surface area contributed by atoms with E-state index in [-0.39, 0.29) is 23.5 Å². The predicted octanol–water partition coefficient (Wildman–Crippen LogP) is 2.39. The van der Waals surface area contributed by atoms with Crippen LogP contribution in [0.1, 0.15) is 40.0 Å².